The fourth-order valence-corrected chi connectivity index (χ4v) is 1.60. The van der Waals surface area contributed by atoms with Crippen LogP contribution in [0.15, 0.2) is 0 Å². The maximum atomic E-state index is 11.1. The summed E-state index contributed by atoms with van der Waals surface area (Å²) in [4.78, 5) is 18.3. The molecule has 0 aliphatic carbocycles. The van der Waals surface area contributed by atoms with E-state index in [1.165, 1.54) is 0 Å². The van der Waals surface area contributed by atoms with Crippen LogP contribution in [0.5, 0.6) is 0 Å². The average molecular weight is 287 g/mol. The molecule has 0 aliphatic rings. The summed E-state index contributed by atoms with van der Waals surface area (Å²) in [6.07, 6.45) is 0. The van der Waals surface area contributed by atoms with Gasteiger partial charge in [0.1, 0.15) is 5.69 Å². The van der Waals surface area contributed by atoms with Gasteiger partial charge in [0, 0.05) is 6.54 Å². The first-order valence-corrected chi connectivity index (χ1v) is 6.45. The van der Waals surface area contributed by atoms with Crippen molar-refractivity contribution >= 4 is 23.1 Å². The Labute approximate surface area is 117 Å². The van der Waals surface area contributed by atoms with E-state index >= 15 is 0 Å². The van der Waals surface area contributed by atoms with E-state index in [0.29, 0.717) is 12.5 Å². The minimum Gasteiger partial charge on any atom is -0.364 e. The summed E-state index contributed by atoms with van der Waals surface area (Å²) in [6.45, 7) is 10.5. The second-order valence-electron chi connectivity index (χ2n) is 5.53. The Kier molecular flexibility index (Phi) is 4.68. The number of anilines is 1. The third-order valence-electron chi connectivity index (χ3n) is 3.49. The molecule has 0 aliphatic heterocycles. The number of nitrogens with one attached hydrogen (secondary N) is 1. The minimum atomic E-state index is -0.490. The van der Waals surface area contributed by atoms with E-state index in [0.717, 1.165) is 0 Å². The van der Waals surface area contributed by atoms with Gasteiger partial charge < -0.3 is 5.32 Å². The number of halogens is 1. The number of rotatable bonds is 5. The van der Waals surface area contributed by atoms with Crippen LogP contribution in [0.25, 0.3) is 0 Å². The second kappa shape index (κ2) is 5.69. The maximum absolute atomic E-state index is 11.1. The van der Waals surface area contributed by atoms with Crippen molar-refractivity contribution in [3.05, 3.63) is 21.1 Å². The summed E-state index contributed by atoms with van der Waals surface area (Å²) in [7, 11) is 0. The van der Waals surface area contributed by atoms with Gasteiger partial charge in [-0.3, -0.25) is 10.1 Å². The quantitative estimate of drug-likeness (QED) is 0.509. The molecule has 0 aromatic carbocycles. The molecule has 0 fully saturated rings. The summed E-state index contributed by atoms with van der Waals surface area (Å²) in [5.41, 5.74) is 0.123. The summed E-state index contributed by atoms with van der Waals surface area (Å²) >= 11 is 5.75. The molecule has 1 rings (SSSR count). The zero-order valence-electron chi connectivity index (χ0n) is 11.8. The molecular weight excluding hydrogens is 268 g/mol. The molecule has 0 spiro atoms. The normalized spacial score (nSPS) is 11.7. The lowest BCUT2D eigenvalue weighted by Gasteiger charge is -2.29. The number of hydrogen-bond donors (Lipinski definition) is 1. The molecule has 0 atom stereocenters. The first-order chi connectivity index (χ1) is 8.65. The van der Waals surface area contributed by atoms with Crippen LogP contribution in [0.3, 0.4) is 0 Å². The van der Waals surface area contributed by atoms with Gasteiger partial charge >= 0.3 is 5.69 Å². The maximum Gasteiger partial charge on any atom is 0.332 e. The number of nitrogens with zero attached hydrogens (tertiary/aromatic N) is 3. The smallest absolute Gasteiger partial charge is 0.332 e. The molecule has 0 saturated heterocycles. The zero-order chi connectivity index (χ0) is 14.8. The molecule has 0 radical (unpaired) electrons. The molecule has 1 aromatic heterocycles. The highest BCUT2D eigenvalue weighted by Gasteiger charge is 2.26. The lowest BCUT2D eigenvalue weighted by molar-refractivity contribution is -0.385. The van der Waals surface area contributed by atoms with E-state index in [1.807, 2.05) is 0 Å². The molecule has 7 heteroatoms. The Morgan fingerprint density at radius 3 is 2.47 bits per heavy atom. The van der Waals surface area contributed by atoms with E-state index in [2.05, 4.69) is 43.0 Å². The highest BCUT2D eigenvalue weighted by molar-refractivity contribution is 6.28. The monoisotopic (exact) mass is 286 g/mol. The van der Waals surface area contributed by atoms with Gasteiger partial charge in [-0.15, -0.1) is 0 Å². The molecule has 0 amide bonds. The summed E-state index contributed by atoms with van der Waals surface area (Å²) < 4.78 is 0. The fraction of sp³-hybridized carbons (Fsp3) is 0.667. The van der Waals surface area contributed by atoms with Crippen LogP contribution in [0.2, 0.25) is 5.28 Å². The Morgan fingerprint density at radius 1 is 1.42 bits per heavy atom. The van der Waals surface area contributed by atoms with Gasteiger partial charge in [-0.05, 0) is 29.9 Å². The molecule has 0 bridgehead atoms. The first kappa shape index (κ1) is 15.6. The van der Waals surface area contributed by atoms with Gasteiger partial charge in [0.25, 0.3) is 0 Å². The van der Waals surface area contributed by atoms with Crippen molar-refractivity contribution in [3.8, 4) is 0 Å². The van der Waals surface area contributed by atoms with Gasteiger partial charge in [-0.1, -0.05) is 27.7 Å². The molecule has 1 aromatic rings. The predicted octanol–water partition coefficient (Wildman–Crippen LogP) is 3.44. The van der Waals surface area contributed by atoms with Crippen LogP contribution in [0, 0.1) is 28.4 Å². The molecule has 1 N–H and O–H groups in total. The van der Waals surface area contributed by atoms with Crippen LogP contribution < -0.4 is 5.32 Å². The Bertz CT molecular complexity index is 489. The van der Waals surface area contributed by atoms with E-state index in [4.69, 9.17) is 11.6 Å². The lowest BCUT2D eigenvalue weighted by atomic mass is 9.81. The van der Waals surface area contributed by atoms with Crippen LogP contribution in [-0.2, 0) is 0 Å². The lowest BCUT2D eigenvalue weighted by Crippen LogP contribution is -2.29. The van der Waals surface area contributed by atoms with Gasteiger partial charge in [0.05, 0.1) is 4.92 Å². The predicted molar refractivity (Wildman–Crippen MR) is 75.5 cm³/mol. The molecule has 1 heterocycles. The largest absolute Gasteiger partial charge is 0.364 e. The number of nitro groups is 1. The fourth-order valence-electron chi connectivity index (χ4n) is 1.39. The summed E-state index contributed by atoms with van der Waals surface area (Å²) in [5.74, 6) is 0.605. The average Bonchev–Trinajstić information content (AvgIpc) is 2.24. The molecule has 19 heavy (non-hydrogen) atoms. The van der Waals surface area contributed by atoms with Crippen molar-refractivity contribution in [2.24, 2.45) is 11.3 Å². The van der Waals surface area contributed by atoms with Crippen molar-refractivity contribution in [3.63, 3.8) is 0 Å². The van der Waals surface area contributed by atoms with Crippen LogP contribution in [0.4, 0.5) is 11.5 Å². The van der Waals surface area contributed by atoms with E-state index in [1.54, 1.807) is 6.92 Å². The number of aromatic nitrogens is 2. The van der Waals surface area contributed by atoms with Crippen molar-refractivity contribution in [1.29, 1.82) is 0 Å². The van der Waals surface area contributed by atoms with Gasteiger partial charge in [0.15, 0.2) is 0 Å². The standard InChI is InChI=1S/C12H19ClN4O2/c1-7(2)12(4,5)6-14-10-9(17(18)19)8(3)15-11(13)16-10/h7H,6H2,1-5H3,(H,14,15,16). The Balaban J connectivity index is 3.04. The van der Waals surface area contributed by atoms with E-state index < -0.39 is 4.92 Å². The first-order valence-electron chi connectivity index (χ1n) is 6.07. The second-order valence-corrected chi connectivity index (χ2v) is 5.87. The van der Waals surface area contributed by atoms with Crippen molar-refractivity contribution in [2.45, 2.75) is 34.6 Å². The van der Waals surface area contributed by atoms with Crippen LogP contribution in [0.1, 0.15) is 33.4 Å². The van der Waals surface area contributed by atoms with E-state index in [9.17, 15) is 10.1 Å². The number of hydrogen-bond acceptors (Lipinski definition) is 5. The summed E-state index contributed by atoms with van der Waals surface area (Å²) in [5, 5.41) is 14.1. The van der Waals surface area contributed by atoms with Gasteiger partial charge in [-0.2, -0.15) is 4.98 Å². The van der Waals surface area contributed by atoms with Gasteiger partial charge in [-0.25, -0.2) is 4.98 Å². The Hall–Kier alpha value is -1.43. The van der Waals surface area contributed by atoms with Gasteiger partial charge in [0.2, 0.25) is 11.1 Å². The minimum absolute atomic E-state index is 0.00736. The molecule has 0 saturated carbocycles. The third-order valence-corrected chi connectivity index (χ3v) is 3.66. The highest BCUT2D eigenvalue weighted by Crippen LogP contribution is 2.30. The highest BCUT2D eigenvalue weighted by atomic mass is 35.5. The molecular formula is C12H19ClN4O2. The molecule has 0 unspecified atom stereocenters. The SMILES string of the molecule is Cc1nc(Cl)nc(NCC(C)(C)C(C)C)c1[N+](=O)[O-]. The van der Waals surface area contributed by atoms with Crippen molar-refractivity contribution < 1.29 is 4.92 Å². The zero-order valence-corrected chi connectivity index (χ0v) is 12.6. The third kappa shape index (κ3) is 3.76. The number of aryl methyl sites for hydroxylation is 1. The van der Waals surface area contributed by atoms with E-state index in [-0.39, 0.29) is 27.9 Å². The topological polar surface area (TPSA) is 81.0 Å². The van der Waals surface area contributed by atoms with Crippen LogP contribution >= 0.6 is 11.6 Å². The van der Waals surface area contributed by atoms with Crippen LogP contribution in [-0.4, -0.2) is 21.4 Å². The molecule has 106 valence electrons. The Morgan fingerprint density at radius 2 is 2.00 bits per heavy atom. The van der Waals surface area contributed by atoms with Crippen molar-refractivity contribution in [2.75, 3.05) is 11.9 Å². The van der Waals surface area contributed by atoms with Crippen molar-refractivity contribution in [1.82, 2.24) is 9.97 Å². The molecule has 6 nitrogen and oxygen atoms in total. The summed E-state index contributed by atoms with van der Waals surface area (Å²) in [6, 6.07) is 0.